The van der Waals surface area contributed by atoms with Crippen LogP contribution >= 0.6 is 27.7 Å². The van der Waals surface area contributed by atoms with Crippen LogP contribution < -0.4 is 9.47 Å². The largest absolute Gasteiger partial charge is 0.493 e. The molecule has 0 spiro atoms. The number of hydrogen-bond acceptors (Lipinski definition) is 7. The van der Waals surface area contributed by atoms with Crippen molar-refractivity contribution in [3.05, 3.63) is 27.1 Å². The highest BCUT2D eigenvalue weighted by atomic mass is 79.9. The smallest absolute Gasteiger partial charge is 0.294 e. The lowest BCUT2D eigenvalue weighted by molar-refractivity contribution is -0.139. The Morgan fingerprint density at radius 1 is 1.30 bits per heavy atom. The molecule has 0 aliphatic carbocycles. The molecule has 30 heavy (non-hydrogen) atoms. The second kappa shape index (κ2) is 9.84. The van der Waals surface area contributed by atoms with Gasteiger partial charge >= 0.3 is 0 Å². The average molecular weight is 499 g/mol. The number of halogens is 1. The summed E-state index contributed by atoms with van der Waals surface area (Å²) in [4.78, 5) is 40.4. The molecule has 2 heterocycles. The quantitative estimate of drug-likeness (QED) is 0.556. The van der Waals surface area contributed by atoms with Crippen LogP contribution in [0.25, 0.3) is 6.08 Å². The average Bonchev–Trinajstić information content (AvgIpc) is 2.97. The Morgan fingerprint density at radius 3 is 2.63 bits per heavy atom. The predicted octanol–water partition coefficient (Wildman–Crippen LogP) is 3.14. The summed E-state index contributed by atoms with van der Waals surface area (Å²) in [5.74, 6) is 0.325. The number of carbonyl (C=O) groups excluding carboxylic acids is 3. The van der Waals surface area contributed by atoms with Crippen molar-refractivity contribution < 1.29 is 28.6 Å². The monoisotopic (exact) mass is 498 g/mol. The first-order valence-corrected chi connectivity index (χ1v) is 11.1. The Labute approximate surface area is 187 Å². The zero-order chi connectivity index (χ0) is 21.8. The standard InChI is InChI=1S/C20H23BrN2O6S/c1-12(2)29-18-14(21)8-13(9-15(18)27-3)10-16-19(25)23(20(26)30-16)11-17(24)22-4-6-28-7-5-22/h8-10,12H,4-7,11H2,1-3H3/b16-10+. The highest BCUT2D eigenvalue weighted by Crippen LogP contribution is 2.39. The first kappa shape index (κ1) is 22.6. The van der Waals surface area contributed by atoms with Crippen LogP contribution in [0.1, 0.15) is 19.4 Å². The molecular weight excluding hydrogens is 476 g/mol. The Bertz CT molecular complexity index is 882. The number of methoxy groups -OCH3 is 1. The van der Waals surface area contributed by atoms with E-state index in [4.69, 9.17) is 14.2 Å². The van der Waals surface area contributed by atoms with Crippen molar-refractivity contribution >= 4 is 50.8 Å². The third kappa shape index (κ3) is 5.16. The second-order valence-corrected chi connectivity index (χ2v) is 8.81. The number of rotatable bonds is 6. The number of hydrogen-bond donors (Lipinski definition) is 0. The van der Waals surface area contributed by atoms with Gasteiger partial charge in [-0.1, -0.05) is 0 Å². The predicted molar refractivity (Wildman–Crippen MR) is 117 cm³/mol. The molecule has 0 N–H and O–H groups in total. The summed E-state index contributed by atoms with van der Waals surface area (Å²) in [6.07, 6.45) is 1.57. The molecule has 0 aromatic heterocycles. The summed E-state index contributed by atoms with van der Waals surface area (Å²) in [6.45, 7) is 5.40. The molecule has 0 saturated carbocycles. The van der Waals surface area contributed by atoms with E-state index in [2.05, 4.69) is 15.9 Å². The van der Waals surface area contributed by atoms with E-state index in [9.17, 15) is 14.4 Å². The van der Waals surface area contributed by atoms with E-state index in [0.29, 0.717) is 47.8 Å². The van der Waals surface area contributed by atoms with Crippen molar-refractivity contribution in [2.45, 2.75) is 20.0 Å². The maximum atomic E-state index is 12.7. The van der Waals surface area contributed by atoms with Crippen LogP contribution in [0.5, 0.6) is 11.5 Å². The van der Waals surface area contributed by atoms with Gasteiger partial charge in [0.15, 0.2) is 11.5 Å². The lowest BCUT2D eigenvalue weighted by Gasteiger charge is -2.28. The number of thioether (sulfide) groups is 1. The molecule has 3 amide bonds. The van der Waals surface area contributed by atoms with Gasteiger partial charge in [-0.05, 0) is 65.3 Å². The van der Waals surface area contributed by atoms with Crippen LogP contribution in [0.3, 0.4) is 0 Å². The number of ether oxygens (including phenoxy) is 3. The molecular formula is C20H23BrN2O6S. The van der Waals surface area contributed by atoms with Crippen molar-refractivity contribution in [1.29, 1.82) is 0 Å². The van der Waals surface area contributed by atoms with E-state index >= 15 is 0 Å². The molecule has 2 aliphatic heterocycles. The Morgan fingerprint density at radius 2 is 2.00 bits per heavy atom. The van der Waals surface area contributed by atoms with Gasteiger partial charge in [-0.25, -0.2) is 0 Å². The number of benzene rings is 1. The van der Waals surface area contributed by atoms with Crippen LogP contribution in [0, 0.1) is 0 Å². The number of carbonyl (C=O) groups is 3. The van der Waals surface area contributed by atoms with Gasteiger partial charge < -0.3 is 19.1 Å². The molecule has 8 nitrogen and oxygen atoms in total. The molecule has 2 saturated heterocycles. The topological polar surface area (TPSA) is 85.4 Å². The Hall–Kier alpha value is -2.04. The van der Waals surface area contributed by atoms with Crippen LogP contribution in [-0.2, 0) is 14.3 Å². The molecule has 1 aromatic carbocycles. The molecule has 0 radical (unpaired) electrons. The summed E-state index contributed by atoms with van der Waals surface area (Å²) in [6, 6.07) is 3.52. The fourth-order valence-electron chi connectivity index (χ4n) is 3.01. The SMILES string of the molecule is COc1cc(/C=C2/SC(=O)N(CC(=O)N3CCOCC3)C2=O)cc(Br)c1OC(C)C. The van der Waals surface area contributed by atoms with Crippen molar-refractivity contribution in [2.24, 2.45) is 0 Å². The summed E-state index contributed by atoms with van der Waals surface area (Å²) < 4.78 is 17.1. The van der Waals surface area contributed by atoms with E-state index in [0.717, 1.165) is 16.7 Å². The van der Waals surface area contributed by atoms with Gasteiger partial charge in [0.25, 0.3) is 11.1 Å². The molecule has 0 bridgehead atoms. The summed E-state index contributed by atoms with van der Waals surface area (Å²) in [7, 11) is 1.53. The Balaban J connectivity index is 1.78. The summed E-state index contributed by atoms with van der Waals surface area (Å²) in [5.41, 5.74) is 0.667. The third-order valence-corrected chi connectivity index (χ3v) is 5.93. The van der Waals surface area contributed by atoms with Gasteiger partial charge in [-0.15, -0.1) is 0 Å². The van der Waals surface area contributed by atoms with Crippen LogP contribution in [0.15, 0.2) is 21.5 Å². The molecule has 1 aromatic rings. The molecule has 2 aliphatic rings. The highest BCUT2D eigenvalue weighted by Gasteiger charge is 2.37. The van der Waals surface area contributed by atoms with Crippen LogP contribution in [-0.4, -0.2) is 72.9 Å². The maximum absolute atomic E-state index is 12.7. The van der Waals surface area contributed by atoms with Gasteiger partial charge in [0.1, 0.15) is 6.54 Å². The minimum absolute atomic E-state index is 0.0402. The van der Waals surface area contributed by atoms with Gasteiger partial charge in [-0.3, -0.25) is 19.3 Å². The van der Waals surface area contributed by atoms with Gasteiger partial charge in [0.2, 0.25) is 5.91 Å². The fourth-order valence-corrected chi connectivity index (χ4v) is 4.40. The highest BCUT2D eigenvalue weighted by molar-refractivity contribution is 9.10. The van der Waals surface area contributed by atoms with Crippen molar-refractivity contribution in [3.63, 3.8) is 0 Å². The van der Waals surface area contributed by atoms with Gasteiger partial charge in [0, 0.05) is 13.1 Å². The molecule has 3 rings (SSSR count). The minimum atomic E-state index is -0.482. The van der Waals surface area contributed by atoms with Crippen molar-refractivity contribution in [3.8, 4) is 11.5 Å². The number of morpholine rings is 1. The van der Waals surface area contributed by atoms with E-state index in [1.807, 2.05) is 13.8 Å². The molecule has 10 heteroatoms. The maximum Gasteiger partial charge on any atom is 0.294 e. The Kier molecular flexibility index (Phi) is 7.43. The fraction of sp³-hybridized carbons (Fsp3) is 0.450. The second-order valence-electron chi connectivity index (χ2n) is 6.96. The van der Waals surface area contributed by atoms with E-state index in [-0.39, 0.29) is 23.5 Å². The number of imide groups is 1. The first-order chi connectivity index (χ1) is 14.3. The van der Waals surface area contributed by atoms with E-state index in [1.165, 1.54) is 7.11 Å². The van der Waals surface area contributed by atoms with Crippen LogP contribution in [0.4, 0.5) is 4.79 Å². The molecule has 0 unspecified atom stereocenters. The van der Waals surface area contributed by atoms with Crippen molar-refractivity contribution in [1.82, 2.24) is 9.80 Å². The zero-order valence-corrected chi connectivity index (χ0v) is 19.4. The summed E-state index contributed by atoms with van der Waals surface area (Å²) in [5, 5.41) is -0.460. The normalized spacial score (nSPS) is 18.5. The lowest BCUT2D eigenvalue weighted by atomic mass is 10.1. The van der Waals surface area contributed by atoms with E-state index < -0.39 is 11.1 Å². The van der Waals surface area contributed by atoms with Gasteiger partial charge in [-0.2, -0.15) is 0 Å². The third-order valence-electron chi connectivity index (χ3n) is 4.43. The minimum Gasteiger partial charge on any atom is -0.493 e. The molecule has 2 fully saturated rings. The lowest BCUT2D eigenvalue weighted by Crippen LogP contribution is -2.46. The molecule has 162 valence electrons. The first-order valence-electron chi connectivity index (χ1n) is 9.45. The number of amides is 3. The van der Waals surface area contributed by atoms with E-state index in [1.54, 1.807) is 23.1 Å². The zero-order valence-electron chi connectivity index (χ0n) is 17.0. The van der Waals surface area contributed by atoms with Crippen LogP contribution in [0.2, 0.25) is 0 Å². The van der Waals surface area contributed by atoms with Crippen molar-refractivity contribution in [2.75, 3.05) is 40.0 Å². The summed E-state index contributed by atoms with van der Waals surface area (Å²) >= 11 is 4.28. The molecule has 0 atom stereocenters. The van der Waals surface area contributed by atoms with Gasteiger partial charge in [0.05, 0.1) is 35.8 Å². The number of nitrogens with zero attached hydrogens (tertiary/aromatic N) is 2.